The Morgan fingerprint density at radius 2 is 1.53 bits per heavy atom. The fourth-order valence-electron chi connectivity index (χ4n) is 1.68. The Bertz CT molecular complexity index is 362. The highest BCUT2D eigenvalue weighted by atomic mass is 19.4. The molecule has 0 unspecified atom stereocenters. The van der Waals surface area contributed by atoms with E-state index in [2.05, 4.69) is 0 Å². The SMILES string of the molecule is CC(C)[C@@H](O)[C@@](O)(c1ccccc1)C(F)(F)F. The number of aliphatic hydroxyl groups excluding tert-OH is 1. The van der Waals surface area contributed by atoms with Gasteiger partial charge in [0.05, 0.1) is 6.10 Å². The van der Waals surface area contributed by atoms with Crippen LogP contribution in [0.15, 0.2) is 30.3 Å². The standard InChI is InChI=1S/C12H15F3O2/c1-8(2)10(16)11(17,12(13,14)15)9-6-4-3-5-7-9/h3-8,10,16-17H,1-2H3/t10-,11+/m1/s1. The predicted molar refractivity (Wildman–Crippen MR) is 57.2 cm³/mol. The largest absolute Gasteiger partial charge is 0.424 e. The van der Waals surface area contributed by atoms with E-state index in [1.807, 2.05) is 0 Å². The van der Waals surface area contributed by atoms with Crippen LogP contribution in [0.3, 0.4) is 0 Å². The third-order valence-electron chi connectivity index (χ3n) is 2.71. The first kappa shape index (κ1) is 14.0. The van der Waals surface area contributed by atoms with Crippen molar-refractivity contribution in [3.63, 3.8) is 0 Å². The molecular weight excluding hydrogens is 233 g/mol. The topological polar surface area (TPSA) is 40.5 Å². The molecule has 0 aromatic heterocycles. The highest BCUT2D eigenvalue weighted by Crippen LogP contribution is 2.43. The zero-order valence-electron chi connectivity index (χ0n) is 9.57. The molecule has 0 amide bonds. The van der Waals surface area contributed by atoms with E-state index >= 15 is 0 Å². The number of rotatable bonds is 3. The fraction of sp³-hybridized carbons (Fsp3) is 0.500. The highest BCUT2D eigenvalue weighted by molar-refractivity contribution is 5.26. The minimum absolute atomic E-state index is 0.353. The summed E-state index contributed by atoms with van der Waals surface area (Å²) in [6.07, 6.45) is -6.84. The molecule has 2 nitrogen and oxygen atoms in total. The molecule has 5 heteroatoms. The van der Waals surface area contributed by atoms with Crippen molar-refractivity contribution in [2.45, 2.75) is 31.7 Å². The van der Waals surface area contributed by atoms with E-state index in [1.165, 1.54) is 26.0 Å². The van der Waals surface area contributed by atoms with E-state index in [0.717, 1.165) is 12.1 Å². The molecule has 1 rings (SSSR count). The lowest BCUT2D eigenvalue weighted by Crippen LogP contribution is -2.53. The van der Waals surface area contributed by atoms with Crippen LogP contribution >= 0.6 is 0 Å². The second-order valence-electron chi connectivity index (χ2n) is 4.32. The van der Waals surface area contributed by atoms with Gasteiger partial charge in [0.25, 0.3) is 0 Å². The summed E-state index contributed by atoms with van der Waals surface area (Å²) < 4.78 is 39.0. The average molecular weight is 248 g/mol. The number of alkyl halides is 3. The lowest BCUT2D eigenvalue weighted by atomic mass is 9.82. The molecule has 0 heterocycles. The van der Waals surface area contributed by atoms with Gasteiger partial charge < -0.3 is 10.2 Å². The van der Waals surface area contributed by atoms with Crippen LogP contribution in [0.5, 0.6) is 0 Å². The van der Waals surface area contributed by atoms with Gasteiger partial charge in [-0.25, -0.2) is 0 Å². The molecular formula is C12H15F3O2. The van der Waals surface area contributed by atoms with Gasteiger partial charge in [-0.2, -0.15) is 13.2 Å². The molecule has 1 aromatic rings. The van der Waals surface area contributed by atoms with Crippen LogP contribution in [0.2, 0.25) is 0 Å². The van der Waals surface area contributed by atoms with Gasteiger partial charge in [0.1, 0.15) is 0 Å². The summed E-state index contributed by atoms with van der Waals surface area (Å²) in [4.78, 5) is 0. The first-order valence-electron chi connectivity index (χ1n) is 5.24. The molecule has 0 radical (unpaired) electrons. The first-order valence-corrected chi connectivity index (χ1v) is 5.24. The van der Waals surface area contributed by atoms with Gasteiger partial charge in [-0.3, -0.25) is 0 Å². The molecule has 0 fully saturated rings. The Hall–Kier alpha value is -1.07. The summed E-state index contributed by atoms with van der Waals surface area (Å²) in [5, 5.41) is 19.5. The second kappa shape index (κ2) is 4.66. The van der Waals surface area contributed by atoms with E-state index in [0.29, 0.717) is 0 Å². The average Bonchev–Trinajstić information content (AvgIpc) is 2.26. The van der Waals surface area contributed by atoms with E-state index < -0.39 is 23.8 Å². The third-order valence-corrected chi connectivity index (χ3v) is 2.71. The molecule has 96 valence electrons. The summed E-state index contributed by atoms with van der Waals surface area (Å²) >= 11 is 0. The van der Waals surface area contributed by atoms with Gasteiger partial charge in [0.2, 0.25) is 5.60 Å². The summed E-state index contributed by atoms with van der Waals surface area (Å²) in [5.74, 6) is -0.721. The number of benzene rings is 1. The van der Waals surface area contributed by atoms with Gasteiger partial charge in [0, 0.05) is 0 Å². The third kappa shape index (κ3) is 2.45. The molecule has 0 aliphatic rings. The lowest BCUT2D eigenvalue weighted by Gasteiger charge is -2.37. The zero-order chi connectivity index (χ0) is 13.3. The van der Waals surface area contributed by atoms with Gasteiger partial charge in [-0.15, -0.1) is 0 Å². The van der Waals surface area contributed by atoms with E-state index in [4.69, 9.17) is 0 Å². The fourth-order valence-corrected chi connectivity index (χ4v) is 1.68. The summed E-state index contributed by atoms with van der Waals surface area (Å²) in [6, 6.07) is 6.62. The summed E-state index contributed by atoms with van der Waals surface area (Å²) in [7, 11) is 0. The van der Waals surface area contributed by atoms with Crippen molar-refractivity contribution in [3.05, 3.63) is 35.9 Å². The molecule has 0 aliphatic carbocycles. The van der Waals surface area contributed by atoms with E-state index in [-0.39, 0.29) is 5.56 Å². The molecule has 17 heavy (non-hydrogen) atoms. The number of aliphatic hydroxyl groups is 2. The van der Waals surface area contributed by atoms with Crippen LogP contribution in [0.1, 0.15) is 19.4 Å². The van der Waals surface area contributed by atoms with Crippen molar-refractivity contribution in [2.24, 2.45) is 5.92 Å². The maximum atomic E-state index is 13.0. The molecule has 0 aliphatic heterocycles. The van der Waals surface area contributed by atoms with Crippen LogP contribution in [0.25, 0.3) is 0 Å². The monoisotopic (exact) mass is 248 g/mol. The maximum Gasteiger partial charge on any atom is 0.424 e. The molecule has 0 bridgehead atoms. The van der Waals surface area contributed by atoms with Crippen LogP contribution in [0, 0.1) is 5.92 Å². The van der Waals surface area contributed by atoms with Crippen molar-refractivity contribution in [1.29, 1.82) is 0 Å². The first-order chi connectivity index (χ1) is 7.71. The van der Waals surface area contributed by atoms with Crippen molar-refractivity contribution in [2.75, 3.05) is 0 Å². The number of hydrogen-bond acceptors (Lipinski definition) is 2. The smallest absolute Gasteiger partial charge is 0.389 e. The van der Waals surface area contributed by atoms with E-state index in [1.54, 1.807) is 6.07 Å². The minimum Gasteiger partial charge on any atom is -0.389 e. The molecule has 0 saturated heterocycles. The second-order valence-corrected chi connectivity index (χ2v) is 4.32. The summed E-state index contributed by atoms with van der Waals surface area (Å²) in [5.41, 5.74) is -3.59. The highest BCUT2D eigenvalue weighted by Gasteiger charge is 2.60. The molecule has 2 atom stereocenters. The Kier molecular flexibility index (Phi) is 3.84. The van der Waals surface area contributed by atoms with Crippen molar-refractivity contribution >= 4 is 0 Å². The normalized spacial score (nSPS) is 17.9. The van der Waals surface area contributed by atoms with Crippen molar-refractivity contribution < 1.29 is 23.4 Å². The number of halogens is 3. The Balaban J connectivity index is 3.31. The van der Waals surface area contributed by atoms with Gasteiger partial charge >= 0.3 is 6.18 Å². The van der Waals surface area contributed by atoms with Gasteiger partial charge in [0.15, 0.2) is 0 Å². The predicted octanol–water partition coefficient (Wildman–Crippen LogP) is 2.45. The van der Waals surface area contributed by atoms with E-state index in [9.17, 15) is 23.4 Å². The van der Waals surface area contributed by atoms with Crippen LogP contribution in [0.4, 0.5) is 13.2 Å². The summed E-state index contributed by atoms with van der Waals surface area (Å²) in [6.45, 7) is 2.84. The van der Waals surface area contributed by atoms with Gasteiger partial charge in [-0.05, 0) is 11.5 Å². The lowest BCUT2D eigenvalue weighted by molar-refractivity contribution is -0.303. The number of hydrogen-bond donors (Lipinski definition) is 2. The Morgan fingerprint density at radius 3 is 1.88 bits per heavy atom. The molecule has 0 saturated carbocycles. The van der Waals surface area contributed by atoms with Crippen molar-refractivity contribution in [1.82, 2.24) is 0 Å². The minimum atomic E-state index is -4.93. The van der Waals surface area contributed by atoms with Crippen molar-refractivity contribution in [3.8, 4) is 0 Å². The molecule has 1 aromatic carbocycles. The van der Waals surface area contributed by atoms with Gasteiger partial charge in [-0.1, -0.05) is 44.2 Å². The molecule has 2 N–H and O–H groups in total. The van der Waals surface area contributed by atoms with Crippen LogP contribution in [-0.4, -0.2) is 22.5 Å². The quantitative estimate of drug-likeness (QED) is 0.862. The van der Waals surface area contributed by atoms with Crippen LogP contribution < -0.4 is 0 Å². The van der Waals surface area contributed by atoms with Crippen LogP contribution in [-0.2, 0) is 5.60 Å². The maximum absolute atomic E-state index is 13.0. The Labute approximate surface area is 97.7 Å². The Morgan fingerprint density at radius 1 is 1.06 bits per heavy atom. The zero-order valence-corrected chi connectivity index (χ0v) is 9.57. The molecule has 0 spiro atoms.